The van der Waals surface area contributed by atoms with Gasteiger partial charge in [-0.05, 0) is 18.2 Å². The van der Waals surface area contributed by atoms with Crippen molar-refractivity contribution in [3.05, 3.63) is 28.7 Å². The fourth-order valence-corrected chi connectivity index (χ4v) is 2.23. The Morgan fingerprint density at radius 1 is 1.42 bits per heavy atom. The second-order valence-corrected chi connectivity index (χ2v) is 4.44. The number of aliphatic carboxylic acids is 1. The van der Waals surface area contributed by atoms with Gasteiger partial charge in [0.05, 0.1) is 11.4 Å². The monoisotopic (exact) mass is 262 g/mol. The molecule has 1 atom stereocenters. The number of carbonyl (C=O) groups is 2. The Hall–Kier alpha value is -2.57. The Morgan fingerprint density at radius 3 is 2.89 bits per heavy atom. The smallest absolute Gasteiger partial charge is 0.417 e. The number of amides is 1. The van der Waals surface area contributed by atoms with Crippen LogP contribution in [0.25, 0.3) is 11.1 Å². The summed E-state index contributed by atoms with van der Waals surface area (Å²) >= 11 is 0. The van der Waals surface area contributed by atoms with Gasteiger partial charge in [-0.1, -0.05) is 0 Å². The molecule has 98 valence electrons. The molecule has 0 saturated carbocycles. The summed E-state index contributed by atoms with van der Waals surface area (Å²) in [5.74, 6) is -2.47. The average Bonchev–Trinajstić information content (AvgIpc) is 2.90. The van der Waals surface area contributed by atoms with Crippen molar-refractivity contribution in [3.63, 3.8) is 0 Å². The standard InChI is InChI=1S/C12H10N2O5/c15-10-3-6(11(16)17)5-14(10)7-1-2-9-8(4-7)13-12(18)19-9/h1-2,4,6H,3,5H2,(H,13,18)(H,16,17). The van der Waals surface area contributed by atoms with Crippen LogP contribution in [0.4, 0.5) is 5.69 Å². The molecule has 1 saturated heterocycles. The van der Waals surface area contributed by atoms with Gasteiger partial charge in [-0.25, -0.2) is 4.79 Å². The van der Waals surface area contributed by atoms with Crippen molar-refractivity contribution in [2.75, 3.05) is 11.4 Å². The van der Waals surface area contributed by atoms with Crippen molar-refractivity contribution >= 4 is 28.7 Å². The van der Waals surface area contributed by atoms with Crippen molar-refractivity contribution in [3.8, 4) is 0 Å². The van der Waals surface area contributed by atoms with Crippen LogP contribution in [0.15, 0.2) is 27.4 Å². The van der Waals surface area contributed by atoms with Crippen LogP contribution in [0.3, 0.4) is 0 Å². The first-order valence-electron chi connectivity index (χ1n) is 5.70. The van der Waals surface area contributed by atoms with Crippen LogP contribution in [0, 0.1) is 5.92 Å². The number of carbonyl (C=O) groups excluding carboxylic acids is 1. The molecule has 7 heteroatoms. The third-order valence-corrected chi connectivity index (χ3v) is 3.19. The molecule has 0 spiro atoms. The van der Waals surface area contributed by atoms with Crippen molar-refractivity contribution in [2.24, 2.45) is 5.92 Å². The third-order valence-electron chi connectivity index (χ3n) is 3.19. The van der Waals surface area contributed by atoms with Crippen LogP contribution in [0.5, 0.6) is 0 Å². The number of oxazole rings is 1. The number of hydrogen-bond donors (Lipinski definition) is 2. The Balaban J connectivity index is 1.98. The topological polar surface area (TPSA) is 104 Å². The number of fused-ring (bicyclic) bond motifs is 1. The molecule has 2 N–H and O–H groups in total. The number of aromatic nitrogens is 1. The van der Waals surface area contributed by atoms with Gasteiger partial charge in [0.25, 0.3) is 0 Å². The number of H-pyrrole nitrogens is 1. The van der Waals surface area contributed by atoms with Crippen LogP contribution in [-0.2, 0) is 9.59 Å². The minimum Gasteiger partial charge on any atom is -0.481 e. The lowest BCUT2D eigenvalue weighted by atomic mass is 10.1. The first-order valence-corrected chi connectivity index (χ1v) is 5.70. The second-order valence-electron chi connectivity index (χ2n) is 4.44. The number of aromatic amines is 1. The summed E-state index contributed by atoms with van der Waals surface area (Å²) in [5.41, 5.74) is 1.43. The van der Waals surface area contributed by atoms with Crippen molar-refractivity contribution in [1.82, 2.24) is 4.98 Å². The molecule has 1 aromatic heterocycles. The quantitative estimate of drug-likeness (QED) is 0.822. The maximum absolute atomic E-state index is 11.8. The average molecular weight is 262 g/mol. The van der Waals surface area contributed by atoms with E-state index in [0.717, 1.165) is 0 Å². The van der Waals surface area contributed by atoms with Crippen LogP contribution in [-0.4, -0.2) is 28.5 Å². The van der Waals surface area contributed by atoms with E-state index >= 15 is 0 Å². The molecule has 1 amide bonds. The van der Waals surface area contributed by atoms with E-state index < -0.39 is 17.6 Å². The molecule has 0 bridgehead atoms. The van der Waals surface area contributed by atoms with Crippen molar-refractivity contribution in [1.29, 1.82) is 0 Å². The first kappa shape index (κ1) is 11.5. The number of anilines is 1. The lowest BCUT2D eigenvalue weighted by Crippen LogP contribution is -2.25. The third kappa shape index (κ3) is 1.88. The zero-order valence-electron chi connectivity index (χ0n) is 9.75. The van der Waals surface area contributed by atoms with Gasteiger partial charge < -0.3 is 14.4 Å². The maximum atomic E-state index is 11.8. The zero-order valence-corrected chi connectivity index (χ0v) is 9.75. The molecular weight excluding hydrogens is 252 g/mol. The number of hydrogen-bond acceptors (Lipinski definition) is 4. The molecule has 3 rings (SSSR count). The predicted molar refractivity (Wildman–Crippen MR) is 64.9 cm³/mol. The minimum atomic E-state index is -0.978. The molecule has 1 aromatic carbocycles. The van der Waals surface area contributed by atoms with Crippen LogP contribution in [0.1, 0.15) is 6.42 Å². The van der Waals surface area contributed by atoms with Gasteiger partial charge in [-0.2, -0.15) is 0 Å². The lowest BCUT2D eigenvalue weighted by molar-refractivity contribution is -0.141. The Morgan fingerprint density at radius 2 is 2.21 bits per heavy atom. The van der Waals surface area contributed by atoms with E-state index in [1.807, 2.05) is 0 Å². The molecule has 7 nitrogen and oxygen atoms in total. The Bertz CT molecular complexity index is 729. The zero-order chi connectivity index (χ0) is 13.6. The number of nitrogens with zero attached hydrogens (tertiary/aromatic N) is 1. The highest BCUT2D eigenvalue weighted by Crippen LogP contribution is 2.27. The van der Waals surface area contributed by atoms with E-state index in [1.54, 1.807) is 18.2 Å². The Kier molecular flexibility index (Phi) is 2.41. The molecule has 1 fully saturated rings. The highest BCUT2D eigenvalue weighted by atomic mass is 16.4. The van der Waals surface area contributed by atoms with E-state index in [-0.39, 0.29) is 18.9 Å². The van der Waals surface area contributed by atoms with Gasteiger partial charge in [-0.15, -0.1) is 0 Å². The fraction of sp³-hybridized carbons (Fsp3) is 0.250. The summed E-state index contributed by atoms with van der Waals surface area (Å²) in [6.45, 7) is 0.141. The maximum Gasteiger partial charge on any atom is 0.417 e. The summed E-state index contributed by atoms with van der Waals surface area (Å²) in [6.07, 6.45) is -0.00469. The highest BCUT2D eigenvalue weighted by molar-refractivity contribution is 6.00. The molecule has 0 aliphatic carbocycles. The summed E-state index contributed by atoms with van der Waals surface area (Å²) < 4.78 is 4.86. The number of carboxylic acid groups (broad SMARTS) is 1. The van der Waals surface area contributed by atoms with Crippen LogP contribution < -0.4 is 10.7 Å². The van der Waals surface area contributed by atoms with E-state index in [1.165, 1.54) is 4.90 Å². The van der Waals surface area contributed by atoms with E-state index in [0.29, 0.717) is 16.8 Å². The molecule has 1 unspecified atom stereocenters. The number of benzene rings is 1. The lowest BCUT2D eigenvalue weighted by Gasteiger charge is -2.15. The van der Waals surface area contributed by atoms with Gasteiger partial charge in [-0.3, -0.25) is 14.6 Å². The van der Waals surface area contributed by atoms with Gasteiger partial charge in [0.2, 0.25) is 5.91 Å². The summed E-state index contributed by atoms with van der Waals surface area (Å²) in [5, 5.41) is 8.93. The van der Waals surface area contributed by atoms with Gasteiger partial charge in [0, 0.05) is 18.7 Å². The number of nitrogens with one attached hydrogen (secondary N) is 1. The predicted octanol–water partition coefficient (Wildman–Crippen LogP) is 0.559. The molecule has 19 heavy (non-hydrogen) atoms. The largest absolute Gasteiger partial charge is 0.481 e. The van der Waals surface area contributed by atoms with Crippen molar-refractivity contribution in [2.45, 2.75) is 6.42 Å². The first-order chi connectivity index (χ1) is 9.04. The van der Waals surface area contributed by atoms with Crippen LogP contribution >= 0.6 is 0 Å². The van der Waals surface area contributed by atoms with Gasteiger partial charge in [0.15, 0.2) is 5.58 Å². The summed E-state index contributed by atoms with van der Waals surface area (Å²) in [7, 11) is 0. The summed E-state index contributed by atoms with van der Waals surface area (Å²) in [6, 6.07) is 4.80. The minimum absolute atomic E-state index is 0.00469. The number of carboxylic acids is 1. The Labute approximate surface area is 106 Å². The molecule has 0 radical (unpaired) electrons. The molecular formula is C12H10N2O5. The molecule has 1 aliphatic heterocycles. The molecule has 2 aromatic rings. The van der Waals surface area contributed by atoms with Crippen molar-refractivity contribution < 1.29 is 19.1 Å². The van der Waals surface area contributed by atoms with E-state index in [4.69, 9.17) is 9.52 Å². The normalized spacial score (nSPS) is 19.3. The number of rotatable bonds is 2. The van der Waals surface area contributed by atoms with Gasteiger partial charge >= 0.3 is 11.7 Å². The van der Waals surface area contributed by atoms with E-state index in [9.17, 15) is 14.4 Å². The highest BCUT2D eigenvalue weighted by Gasteiger charge is 2.35. The van der Waals surface area contributed by atoms with Crippen LogP contribution in [0.2, 0.25) is 0 Å². The van der Waals surface area contributed by atoms with E-state index in [2.05, 4.69) is 4.98 Å². The summed E-state index contributed by atoms with van der Waals surface area (Å²) in [4.78, 5) is 37.6. The molecule has 2 heterocycles. The molecule has 1 aliphatic rings. The van der Waals surface area contributed by atoms with Gasteiger partial charge in [0.1, 0.15) is 0 Å². The SMILES string of the molecule is O=C(O)C1CC(=O)N(c2ccc3oc(=O)[nH]c3c2)C1. The second kappa shape index (κ2) is 3.98. The fourth-order valence-electron chi connectivity index (χ4n) is 2.23.